The van der Waals surface area contributed by atoms with Crippen LogP contribution < -0.4 is 0 Å². The van der Waals surface area contributed by atoms with Gasteiger partial charge in [-0.3, -0.25) is 9.69 Å². The van der Waals surface area contributed by atoms with E-state index in [0.29, 0.717) is 13.2 Å². The Balaban J connectivity index is 0.00000106. The minimum absolute atomic E-state index is 0.0867. The van der Waals surface area contributed by atoms with Gasteiger partial charge in [-0.05, 0) is 13.5 Å². The first kappa shape index (κ1) is 15.4. The lowest BCUT2D eigenvalue weighted by atomic mass is 10.3. The van der Waals surface area contributed by atoms with Crippen molar-refractivity contribution in [2.75, 3.05) is 46.4 Å². The van der Waals surface area contributed by atoms with Gasteiger partial charge in [-0.15, -0.1) is 0 Å². The Kier molecular flexibility index (Phi) is 9.24. The quantitative estimate of drug-likeness (QED) is 0.680. The van der Waals surface area contributed by atoms with Gasteiger partial charge in [-0.2, -0.15) is 0 Å². The SMILES string of the molecule is CC.CCCOC(=O)CN1CCN(C)CC1. The molecule has 0 spiro atoms. The molecule has 4 heteroatoms. The Hall–Kier alpha value is -0.610. The fourth-order valence-corrected chi connectivity index (χ4v) is 1.45. The van der Waals surface area contributed by atoms with E-state index >= 15 is 0 Å². The van der Waals surface area contributed by atoms with E-state index in [-0.39, 0.29) is 5.97 Å². The third kappa shape index (κ3) is 6.80. The van der Waals surface area contributed by atoms with Crippen molar-refractivity contribution in [1.82, 2.24) is 9.80 Å². The highest BCUT2D eigenvalue weighted by Gasteiger charge is 2.16. The first-order chi connectivity index (χ1) is 7.72. The van der Waals surface area contributed by atoms with Gasteiger partial charge in [-0.25, -0.2) is 0 Å². The number of esters is 1. The lowest BCUT2D eigenvalue weighted by molar-refractivity contribution is -0.145. The first-order valence-corrected chi connectivity index (χ1v) is 6.29. The van der Waals surface area contributed by atoms with Gasteiger partial charge < -0.3 is 9.64 Å². The highest BCUT2D eigenvalue weighted by molar-refractivity contribution is 5.71. The highest BCUT2D eigenvalue weighted by Crippen LogP contribution is 1.99. The molecular weight excluding hydrogens is 204 g/mol. The molecule has 1 saturated heterocycles. The second kappa shape index (κ2) is 9.60. The van der Waals surface area contributed by atoms with Gasteiger partial charge in [0, 0.05) is 26.2 Å². The Labute approximate surface area is 99.5 Å². The van der Waals surface area contributed by atoms with Crippen LogP contribution in [0.2, 0.25) is 0 Å². The van der Waals surface area contributed by atoms with Crippen LogP contribution in [-0.4, -0.2) is 62.1 Å². The standard InChI is InChI=1S/C10H20N2O2.C2H6/c1-3-8-14-10(13)9-12-6-4-11(2)5-7-12;1-2/h3-9H2,1-2H3;1-2H3. The molecule has 16 heavy (non-hydrogen) atoms. The molecule has 0 atom stereocenters. The van der Waals surface area contributed by atoms with Crippen LogP contribution in [0.25, 0.3) is 0 Å². The van der Waals surface area contributed by atoms with Crippen LogP contribution >= 0.6 is 0 Å². The van der Waals surface area contributed by atoms with E-state index < -0.39 is 0 Å². The molecule has 1 aliphatic heterocycles. The number of carbonyl (C=O) groups excluding carboxylic acids is 1. The van der Waals surface area contributed by atoms with E-state index in [9.17, 15) is 4.79 Å². The van der Waals surface area contributed by atoms with Crippen LogP contribution in [0.15, 0.2) is 0 Å². The van der Waals surface area contributed by atoms with Gasteiger partial charge >= 0.3 is 5.97 Å². The third-order valence-electron chi connectivity index (χ3n) is 2.42. The summed E-state index contributed by atoms with van der Waals surface area (Å²) in [6.45, 7) is 11.0. The van der Waals surface area contributed by atoms with Gasteiger partial charge in [-0.1, -0.05) is 20.8 Å². The van der Waals surface area contributed by atoms with E-state index in [1.165, 1.54) is 0 Å². The average molecular weight is 230 g/mol. The fourth-order valence-electron chi connectivity index (χ4n) is 1.45. The topological polar surface area (TPSA) is 32.8 Å². The van der Waals surface area contributed by atoms with Gasteiger partial charge in [0.1, 0.15) is 0 Å². The van der Waals surface area contributed by atoms with Crippen molar-refractivity contribution in [3.05, 3.63) is 0 Å². The molecule has 0 unspecified atom stereocenters. The van der Waals surface area contributed by atoms with Crippen molar-refractivity contribution in [3.8, 4) is 0 Å². The number of piperazine rings is 1. The summed E-state index contributed by atoms with van der Waals surface area (Å²) in [5.41, 5.74) is 0. The number of hydrogen-bond acceptors (Lipinski definition) is 4. The van der Waals surface area contributed by atoms with Gasteiger partial charge in [0.05, 0.1) is 13.2 Å². The minimum atomic E-state index is -0.0867. The molecule has 0 amide bonds. The normalized spacial score (nSPS) is 17.5. The van der Waals surface area contributed by atoms with Crippen molar-refractivity contribution in [1.29, 1.82) is 0 Å². The van der Waals surface area contributed by atoms with Crippen molar-refractivity contribution >= 4 is 5.97 Å². The maximum atomic E-state index is 11.3. The van der Waals surface area contributed by atoms with E-state index in [4.69, 9.17) is 4.74 Å². The maximum Gasteiger partial charge on any atom is 0.320 e. The van der Waals surface area contributed by atoms with Crippen molar-refractivity contribution < 1.29 is 9.53 Å². The summed E-state index contributed by atoms with van der Waals surface area (Å²) in [6, 6.07) is 0. The molecule has 0 bridgehead atoms. The largest absolute Gasteiger partial charge is 0.465 e. The molecule has 0 aliphatic carbocycles. The number of likely N-dealkylation sites (N-methyl/N-ethyl adjacent to an activating group) is 1. The molecule has 1 aliphatic rings. The highest BCUT2D eigenvalue weighted by atomic mass is 16.5. The number of carbonyl (C=O) groups is 1. The monoisotopic (exact) mass is 230 g/mol. The summed E-state index contributed by atoms with van der Waals surface area (Å²) in [6.07, 6.45) is 0.897. The zero-order valence-electron chi connectivity index (χ0n) is 11.2. The van der Waals surface area contributed by atoms with Gasteiger partial charge in [0.15, 0.2) is 0 Å². The lowest BCUT2D eigenvalue weighted by Gasteiger charge is -2.31. The average Bonchev–Trinajstić information content (AvgIpc) is 2.32. The van der Waals surface area contributed by atoms with E-state index in [0.717, 1.165) is 32.6 Å². The minimum Gasteiger partial charge on any atom is -0.465 e. The zero-order valence-corrected chi connectivity index (χ0v) is 11.2. The zero-order chi connectivity index (χ0) is 12.4. The maximum absolute atomic E-state index is 11.3. The Morgan fingerprint density at radius 3 is 2.25 bits per heavy atom. The molecule has 0 aromatic heterocycles. The molecule has 0 aromatic carbocycles. The predicted molar refractivity (Wildman–Crippen MR) is 66.5 cm³/mol. The van der Waals surface area contributed by atoms with Crippen LogP contribution in [0.3, 0.4) is 0 Å². The molecule has 1 fully saturated rings. The number of hydrogen-bond donors (Lipinski definition) is 0. The molecule has 0 N–H and O–H groups in total. The van der Waals surface area contributed by atoms with Gasteiger partial charge in [0.25, 0.3) is 0 Å². The lowest BCUT2D eigenvalue weighted by Crippen LogP contribution is -2.46. The molecule has 0 aromatic rings. The summed E-state index contributed by atoms with van der Waals surface area (Å²) in [7, 11) is 2.10. The fraction of sp³-hybridized carbons (Fsp3) is 0.917. The summed E-state index contributed by atoms with van der Waals surface area (Å²) < 4.78 is 5.03. The number of nitrogens with zero attached hydrogens (tertiary/aromatic N) is 2. The summed E-state index contributed by atoms with van der Waals surface area (Å²) in [4.78, 5) is 15.7. The number of ether oxygens (including phenoxy) is 1. The van der Waals surface area contributed by atoms with E-state index in [1.807, 2.05) is 20.8 Å². The molecule has 1 heterocycles. The molecule has 1 rings (SSSR count). The molecule has 0 radical (unpaired) electrons. The molecule has 4 nitrogen and oxygen atoms in total. The second-order valence-electron chi connectivity index (χ2n) is 3.80. The molecular formula is C12H26N2O2. The van der Waals surface area contributed by atoms with Crippen LogP contribution in [0.5, 0.6) is 0 Å². The van der Waals surface area contributed by atoms with Crippen molar-refractivity contribution in [3.63, 3.8) is 0 Å². The summed E-state index contributed by atoms with van der Waals surface area (Å²) >= 11 is 0. The van der Waals surface area contributed by atoms with Crippen molar-refractivity contribution in [2.24, 2.45) is 0 Å². The smallest absolute Gasteiger partial charge is 0.320 e. The van der Waals surface area contributed by atoms with E-state index in [2.05, 4.69) is 16.8 Å². The van der Waals surface area contributed by atoms with Crippen LogP contribution in [0.4, 0.5) is 0 Å². The predicted octanol–water partition coefficient (Wildman–Crippen LogP) is 1.21. The van der Waals surface area contributed by atoms with Crippen molar-refractivity contribution in [2.45, 2.75) is 27.2 Å². The Bertz CT molecular complexity index is 178. The van der Waals surface area contributed by atoms with Gasteiger partial charge in [0.2, 0.25) is 0 Å². The number of rotatable bonds is 4. The van der Waals surface area contributed by atoms with Crippen LogP contribution in [0.1, 0.15) is 27.2 Å². The molecule has 96 valence electrons. The van der Waals surface area contributed by atoms with E-state index in [1.54, 1.807) is 0 Å². The van der Waals surface area contributed by atoms with Crippen LogP contribution in [-0.2, 0) is 9.53 Å². The summed E-state index contributed by atoms with van der Waals surface area (Å²) in [5, 5.41) is 0. The first-order valence-electron chi connectivity index (χ1n) is 6.29. The summed E-state index contributed by atoms with van der Waals surface area (Å²) in [5.74, 6) is -0.0867. The molecule has 0 saturated carbocycles. The Morgan fingerprint density at radius 2 is 1.75 bits per heavy atom. The third-order valence-corrected chi connectivity index (χ3v) is 2.42. The Morgan fingerprint density at radius 1 is 1.19 bits per heavy atom. The van der Waals surface area contributed by atoms with Crippen LogP contribution in [0, 0.1) is 0 Å². The second-order valence-corrected chi connectivity index (χ2v) is 3.80.